The van der Waals surface area contributed by atoms with Crippen molar-refractivity contribution < 1.29 is 4.79 Å². The first-order valence-electron chi connectivity index (χ1n) is 5.54. The molecule has 1 heterocycles. The first-order valence-corrected chi connectivity index (χ1v) is 5.54. The highest BCUT2D eigenvalue weighted by Crippen LogP contribution is 2.17. The maximum Gasteiger partial charge on any atom is 0.253 e. The Bertz CT molecular complexity index is 565. The molecule has 0 radical (unpaired) electrons. The molecule has 0 unspecified atom stereocenters. The van der Waals surface area contributed by atoms with Gasteiger partial charge < -0.3 is 10.3 Å². The molecular weight excluding hydrogens is 214 g/mol. The Morgan fingerprint density at radius 2 is 2.24 bits per heavy atom. The lowest BCUT2D eigenvalue weighted by atomic mass is 10.1. The molecule has 4 nitrogen and oxygen atoms in total. The summed E-state index contributed by atoms with van der Waals surface area (Å²) < 4.78 is 0. The number of benzene rings is 1. The number of hydrogen-bond donors (Lipinski definition) is 2. The fourth-order valence-corrected chi connectivity index (χ4v) is 1.72. The molecule has 1 aromatic carbocycles. The van der Waals surface area contributed by atoms with Crippen molar-refractivity contribution in [3.63, 3.8) is 0 Å². The topological polar surface area (TPSA) is 68.7 Å². The molecule has 0 fully saturated rings. The summed E-state index contributed by atoms with van der Waals surface area (Å²) >= 11 is 0. The molecule has 0 saturated carbocycles. The predicted molar refractivity (Wildman–Crippen MR) is 65.5 cm³/mol. The minimum atomic E-state index is -0.0969. The lowest BCUT2D eigenvalue weighted by Gasteiger charge is -2.02. The molecule has 0 atom stereocenters. The van der Waals surface area contributed by atoms with Crippen LogP contribution in [0.15, 0.2) is 30.5 Å². The van der Waals surface area contributed by atoms with Crippen LogP contribution in [0.5, 0.6) is 0 Å². The number of aromatic amines is 1. The summed E-state index contributed by atoms with van der Waals surface area (Å²) in [6.07, 6.45) is 2.86. The minimum Gasteiger partial charge on any atom is -0.360 e. The van der Waals surface area contributed by atoms with E-state index in [2.05, 4.69) is 10.3 Å². The van der Waals surface area contributed by atoms with Gasteiger partial charge in [0.25, 0.3) is 5.91 Å². The van der Waals surface area contributed by atoms with Gasteiger partial charge in [0.05, 0.1) is 11.6 Å². The highest BCUT2D eigenvalue weighted by atomic mass is 16.1. The summed E-state index contributed by atoms with van der Waals surface area (Å²) in [6, 6.07) is 9.72. The van der Waals surface area contributed by atoms with E-state index >= 15 is 0 Å². The Morgan fingerprint density at radius 1 is 1.41 bits per heavy atom. The minimum absolute atomic E-state index is 0.0969. The summed E-state index contributed by atoms with van der Waals surface area (Å²) in [5, 5.41) is 12.1. The van der Waals surface area contributed by atoms with Crippen LogP contribution in [0, 0.1) is 11.3 Å². The third kappa shape index (κ3) is 2.45. The van der Waals surface area contributed by atoms with Gasteiger partial charge in [0.15, 0.2) is 0 Å². The van der Waals surface area contributed by atoms with Crippen molar-refractivity contribution in [2.45, 2.75) is 12.8 Å². The second kappa shape index (κ2) is 5.17. The highest BCUT2D eigenvalue weighted by molar-refractivity contribution is 6.06. The van der Waals surface area contributed by atoms with Crippen LogP contribution in [0.4, 0.5) is 0 Å². The lowest BCUT2D eigenvalue weighted by molar-refractivity contribution is 0.0955. The SMILES string of the molecule is N#CCCCNC(=O)c1c[nH]c2ccccc12. The van der Waals surface area contributed by atoms with E-state index in [9.17, 15) is 4.79 Å². The third-order valence-electron chi connectivity index (χ3n) is 2.58. The van der Waals surface area contributed by atoms with Crippen LogP contribution in [-0.4, -0.2) is 17.4 Å². The van der Waals surface area contributed by atoms with Gasteiger partial charge in [0.1, 0.15) is 0 Å². The molecule has 17 heavy (non-hydrogen) atoms. The summed E-state index contributed by atoms with van der Waals surface area (Å²) in [6.45, 7) is 0.534. The van der Waals surface area contributed by atoms with Gasteiger partial charge in [-0.1, -0.05) is 18.2 Å². The fourth-order valence-electron chi connectivity index (χ4n) is 1.72. The molecule has 0 bridgehead atoms. The largest absolute Gasteiger partial charge is 0.360 e. The first-order chi connectivity index (χ1) is 8.33. The number of unbranched alkanes of at least 4 members (excludes halogenated alkanes) is 1. The number of hydrogen-bond acceptors (Lipinski definition) is 2. The van der Waals surface area contributed by atoms with Crippen molar-refractivity contribution in [3.8, 4) is 6.07 Å². The van der Waals surface area contributed by atoms with Crippen molar-refractivity contribution in [2.24, 2.45) is 0 Å². The zero-order chi connectivity index (χ0) is 12.1. The van der Waals surface area contributed by atoms with E-state index in [1.165, 1.54) is 0 Å². The number of nitriles is 1. The van der Waals surface area contributed by atoms with E-state index in [1.54, 1.807) is 6.20 Å². The van der Waals surface area contributed by atoms with Crippen molar-refractivity contribution in [1.82, 2.24) is 10.3 Å². The van der Waals surface area contributed by atoms with Crippen LogP contribution in [0.3, 0.4) is 0 Å². The summed E-state index contributed by atoms with van der Waals surface area (Å²) in [5.74, 6) is -0.0969. The molecule has 2 N–H and O–H groups in total. The fraction of sp³-hybridized carbons (Fsp3) is 0.231. The Labute approximate surface area is 99.3 Å². The van der Waals surface area contributed by atoms with Gasteiger partial charge in [0.2, 0.25) is 0 Å². The Hall–Kier alpha value is -2.28. The van der Waals surface area contributed by atoms with Crippen molar-refractivity contribution >= 4 is 16.8 Å². The number of carbonyl (C=O) groups is 1. The summed E-state index contributed by atoms with van der Waals surface area (Å²) in [7, 11) is 0. The summed E-state index contributed by atoms with van der Waals surface area (Å²) in [5.41, 5.74) is 1.60. The molecule has 86 valence electrons. The molecule has 0 aliphatic rings. The van der Waals surface area contributed by atoms with Gasteiger partial charge in [-0.25, -0.2) is 0 Å². The first kappa shape index (κ1) is 11.2. The van der Waals surface area contributed by atoms with Gasteiger partial charge in [-0.05, 0) is 12.5 Å². The molecule has 0 saturated heterocycles. The molecule has 1 aromatic heterocycles. The van der Waals surface area contributed by atoms with Gasteiger partial charge in [0, 0.05) is 30.1 Å². The number of carbonyl (C=O) groups excluding carboxylic acids is 1. The maximum atomic E-state index is 11.9. The molecule has 2 rings (SSSR count). The monoisotopic (exact) mass is 227 g/mol. The highest BCUT2D eigenvalue weighted by Gasteiger charge is 2.10. The second-order valence-electron chi connectivity index (χ2n) is 3.77. The molecule has 0 aliphatic heterocycles. The number of para-hydroxylation sites is 1. The standard InChI is InChI=1S/C13H13N3O/c14-7-3-4-8-15-13(17)11-9-16-12-6-2-1-5-10(11)12/h1-2,5-6,9,16H,3-4,8H2,(H,15,17). The van der Waals surface area contributed by atoms with Crippen LogP contribution >= 0.6 is 0 Å². The van der Waals surface area contributed by atoms with E-state index in [1.807, 2.05) is 30.3 Å². The van der Waals surface area contributed by atoms with Gasteiger partial charge >= 0.3 is 0 Å². The number of H-pyrrole nitrogens is 1. The third-order valence-corrected chi connectivity index (χ3v) is 2.58. The van der Waals surface area contributed by atoms with Crippen LogP contribution in [0.1, 0.15) is 23.2 Å². The van der Waals surface area contributed by atoms with Crippen LogP contribution in [0.25, 0.3) is 10.9 Å². The molecule has 0 aliphatic carbocycles. The van der Waals surface area contributed by atoms with Crippen LogP contribution in [0.2, 0.25) is 0 Å². The average Bonchev–Trinajstić information content (AvgIpc) is 2.78. The van der Waals surface area contributed by atoms with E-state index < -0.39 is 0 Å². The molecular formula is C13H13N3O. The number of nitrogens with zero attached hydrogens (tertiary/aromatic N) is 1. The van der Waals surface area contributed by atoms with E-state index in [0.29, 0.717) is 24.9 Å². The van der Waals surface area contributed by atoms with Crippen molar-refractivity contribution in [3.05, 3.63) is 36.0 Å². The number of aromatic nitrogens is 1. The Kier molecular flexibility index (Phi) is 3.41. The molecule has 1 amide bonds. The maximum absolute atomic E-state index is 11.9. The normalized spacial score (nSPS) is 10.1. The van der Waals surface area contributed by atoms with Crippen molar-refractivity contribution in [1.29, 1.82) is 5.26 Å². The van der Waals surface area contributed by atoms with Crippen LogP contribution < -0.4 is 5.32 Å². The number of fused-ring (bicyclic) bond motifs is 1. The predicted octanol–water partition coefficient (Wildman–Crippen LogP) is 2.20. The van der Waals surface area contributed by atoms with Gasteiger partial charge in [-0.2, -0.15) is 5.26 Å². The van der Waals surface area contributed by atoms with E-state index in [-0.39, 0.29) is 5.91 Å². The molecule has 0 spiro atoms. The average molecular weight is 227 g/mol. The number of rotatable bonds is 4. The molecule has 4 heteroatoms. The smallest absolute Gasteiger partial charge is 0.253 e. The number of nitrogens with one attached hydrogen (secondary N) is 2. The second-order valence-corrected chi connectivity index (χ2v) is 3.77. The quantitative estimate of drug-likeness (QED) is 0.786. The number of amides is 1. The Balaban J connectivity index is 2.07. The zero-order valence-corrected chi connectivity index (χ0v) is 9.36. The van der Waals surface area contributed by atoms with Crippen LogP contribution in [-0.2, 0) is 0 Å². The van der Waals surface area contributed by atoms with Gasteiger partial charge in [-0.3, -0.25) is 4.79 Å². The van der Waals surface area contributed by atoms with E-state index in [0.717, 1.165) is 10.9 Å². The summed E-state index contributed by atoms with van der Waals surface area (Å²) in [4.78, 5) is 14.9. The van der Waals surface area contributed by atoms with E-state index in [4.69, 9.17) is 5.26 Å². The molecule has 2 aromatic rings. The lowest BCUT2D eigenvalue weighted by Crippen LogP contribution is -2.24. The van der Waals surface area contributed by atoms with Gasteiger partial charge in [-0.15, -0.1) is 0 Å². The Morgan fingerprint density at radius 3 is 3.06 bits per heavy atom. The van der Waals surface area contributed by atoms with Crippen molar-refractivity contribution in [2.75, 3.05) is 6.54 Å². The zero-order valence-electron chi connectivity index (χ0n) is 9.36.